The van der Waals surface area contributed by atoms with Crippen LogP contribution < -0.4 is 5.32 Å². The van der Waals surface area contributed by atoms with Gasteiger partial charge < -0.3 is 5.32 Å². The van der Waals surface area contributed by atoms with E-state index in [-0.39, 0.29) is 5.13 Å². The maximum atomic E-state index is 12.4. The maximum absolute atomic E-state index is 12.4. The van der Waals surface area contributed by atoms with Crippen molar-refractivity contribution in [2.75, 3.05) is 5.32 Å². The summed E-state index contributed by atoms with van der Waals surface area (Å²) in [7, 11) is 0. The van der Waals surface area contributed by atoms with Gasteiger partial charge in [-0.2, -0.15) is 13.2 Å². The number of aromatic nitrogens is 1. The van der Waals surface area contributed by atoms with Gasteiger partial charge in [0.2, 0.25) is 0 Å². The summed E-state index contributed by atoms with van der Waals surface area (Å²) >= 11 is 1.12. The number of nitrogens with zero attached hydrogens (tertiary/aromatic N) is 2. The highest BCUT2D eigenvalue weighted by molar-refractivity contribution is 7.14. The van der Waals surface area contributed by atoms with Gasteiger partial charge in [0.25, 0.3) is 0 Å². The Morgan fingerprint density at radius 1 is 1.30 bits per heavy atom. The second-order valence-corrected chi connectivity index (χ2v) is 4.96. The summed E-state index contributed by atoms with van der Waals surface area (Å²) in [5.41, 5.74) is 1.86. The number of nitrogens with one attached hydrogen (secondary N) is 1. The van der Waals surface area contributed by atoms with Gasteiger partial charge in [0.15, 0.2) is 10.8 Å². The lowest BCUT2D eigenvalue weighted by molar-refractivity contribution is -0.138. The molecular weight excluding hydrogens is 287 g/mol. The molecule has 0 saturated carbocycles. The fourth-order valence-electron chi connectivity index (χ4n) is 1.45. The molecule has 0 aliphatic rings. The molecule has 0 unspecified atom stereocenters. The molecule has 1 aromatic carbocycles. The number of alkyl halides is 3. The third-order valence-electron chi connectivity index (χ3n) is 2.63. The smallest absolute Gasteiger partial charge is 0.350 e. The van der Waals surface area contributed by atoms with Crippen molar-refractivity contribution >= 4 is 22.2 Å². The summed E-state index contributed by atoms with van der Waals surface area (Å²) in [6.45, 7) is 7.90. The van der Waals surface area contributed by atoms with Crippen LogP contribution in [0, 0.1) is 6.57 Å². The molecule has 7 heteroatoms. The van der Waals surface area contributed by atoms with Crippen LogP contribution in [0.15, 0.2) is 29.6 Å². The number of benzene rings is 1. The molecular formula is C13H10F3N3S. The standard InChI is InChI=1S/C13H10F3N3S/c1-8(13(14,15)16)18-12-19-11(7-20-12)9-3-5-10(17-2)6-4-9/h3-8H,1H3,(H,18,19)/t8-/m1/s1. The van der Waals surface area contributed by atoms with Crippen LogP contribution in [0.25, 0.3) is 16.1 Å². The number of anilines is 1. The minimum atomic E-state index is -4.30. The maximum Gasteiger partial charge on any atom is 0.408 e. The van der Waals surface area contributed by atoms with Gasteiger partial charge >= 0.3 is 6.18 Å². The first-order chi connectivity index (χ1) is 9.40. The summed E-state index contributed by atoms with van der Waals surface area (Å²) in [6, 6.07) is 5.09. The summed E-state index contributed by atoms with van der Waals surface area (Å²) in [6.07, 6.45) is -4.30. The van der Waals surface area contributed by atoms with Crippen molar-refractivity contribution in [3.05, 3.63) is 41.1 Å². The van der Waals surface area contributed by atoms with Gasteiger partial charge in [0, 0.05) is 5.38 Å². The molecule has 0 saturated heterocycles. The quantitative estimate of drug-likeness (QED) is 0.830. The van der Waals surface area contributed by atoms with E-state index in [2.05, 4.69) is 15.1 Å². The Kier molecular flexibility index (Phi) is 3.95. The molecule has 0 radical (unpaired) electrons. The molecule has 2 aromatic rings. The predicted octanol–water partition coefficient (Wildman–Crippen LogP) is 4.72. The largest absolute Gasteiger partial charge is 0.408 e. The van der Waals surface area contributed by atoms with Gasteiger partial charge in [-0.3, -0.25) is 0 Å². The van der Waals surface area contributed by atoms with Gasteiger partial charge in [0.1, 0.15) is 6.04 Å². The Labute approximate surface area is 117 Å². The molecule has 1 aromatic heterocycles. The molecule has 0 fully saturated rings. The summed E-state index contributed by atoms with van der Waals surface area (Å²) in [5.74, 6) is 0. The zero-order chi connectivity index (χ0) is 14.8. The van der Waals surface area contributed by atoms with E-state index in [0.29, 0.717) is 11.4 Å². The fourth-order valence-corrected chi connectivity index (χ4v) is 2.25. The molecule has 1 N–H and O–H groups in total. The highest BCUT2D eigenvalue weighted by atomic mass is 32.1. The first-order valence-corrected chi connectivity index (χ1v) is 6.55. The van der Waals surface area contributed by atoms with Gasteiger partial charge in [-0.1, -0.05) is 24.3 Å². The molecule has 1 atom stereocenters. The van der Waals surface area contributed by atoms with Crippen LogP contribution in [0.1, 0.15) is 6.92 Å². The van der Waals surface area contributed by atoms with Gasteiger partial charge in [-0.15, -0.1) is 11.3 Å². The minimum Gasteiger partial charge on any atom is -0.350 e. The van der Waals surface area contributed by atoms with E-state index in [9.17, 15) is 13.2 Å². The fraction of sp³-hybridized carbons (Fsp3) is 0.231. The highest BCUT2D eigenvalue weighted by Crippen LogP contribution is 2.29. The molecule has 0 bridgehead atoms. The third kappa shape index (κ3) is 3.27. The van der Waals surface area contributed by atoms with Gasteiger partial charge in [0.05, 0.1) is 12.3 Å². The monoisotopic (exact) mass is 297 g/mol. The van der Waals surface area contributed by atoms with E-state index in [4.69, 9.17) is 6.57 Å². The normalized spacial score (nSPS) is 12.8. The Morgan fingerprint density at radius 3 is 2.50 bits per heavy atom. The zero-order valence-corrected chi connectivity index (χ0v) is 11.2. The van der Waals surface area contributed by atoms with Crippen LogP contribution in [-0.4, -0.2) is 17.2 Å². The van der Waals surface area contributed by atoms with Crippen LogP contribution in [0.5, 0.6) is 0 Å². The molecule has 1 heterocycles. The Morgan fingerprint density at radius 2 is 1.95 bits per heavy atom. The van der Waals surface area contributed by atoms with Crippen LogP contribution in [0.3, 0.4) is 0 Å². The lowest BCUT2D eigenvalue weighted by Gasteiger charge is -2.16. The first kappa shape index (κ1) is 14.3. The lowest BCUT2D eigenvalue weighted by atomic mass is 10.1. The van der Waals surface area contributed by atoms with E-state index >= 15 is 0 Å². The molecule has 0 spiro atoms. The van der Waals surface area contributed by atoms with E-state index in [0.717, 1.165) is 23.8 Å². The average molecular weight is 297 g/mol. The van der Waals surface area contributed by atoms with Crippen molar-refractivity contribution in [3.8, 4) is 11.3 Å². The number of thiazole rings is 1. The Bertz CT molecular complexity index is 626. The molecule has 0 aliphatic carbocycles. The third-order valence-corrected chi connectivity index (χ3v) is 3.40. The SMILES string of the molecule is [C-]#[N+]c1ccc(-c2csc(N[C@H](C)C(F)(F)F)n2)cc1. The van der Waals surface area contributed by atoms with Crippen molar-refractivity contribution in [1.29, 1.82) is 0 Å². The summed E-state index contributed by atoms with van der Waals surface area (Å²) in [4.78, 5) is 7.39. The van der Waals surface area contributed by atoms with Crippen LogP contribution in [-0.2, 0) is 0 Å². The van der Waals surface area contributed by atoms with Crippen molar-refractivity contribution in [2.45, 2.75) is 19.1 Å². The Hall–Kier alpha value is -2.07. The molecule has 0 aliphatic heterocycles. The lowest BCUT2D eigenvalue weighted by Crippen LogP contribution is -2.32. The van der Waals surface area contributed by atoms with Crippen LogP contribution in [0.2, 0.25) is 0 Å². The van der Waals surface area contributed by atoms with Crippen LogP contribution >= 0.6 is 11.3 Å². The van der Waals surface area contributed by atoms with Crippen molar-refractivity contribution in [1.82, 2.24) is 4.98 Å². The van der Waals surface area contributed by atoms with E-state index in [1.165, 1.54) is 0 Å². The molecule has 104 valence electrons. The molecule has 0 amide bonds. The van der Waals surface area contributed by atoms with Crippen molar-refractivity contribution < 1.29 is 13.2 Å². The number of halogens is 3. The summed E-state index contributed by atoms with van der Waals surface area (Å²) < 4.78 is 37.3. The van der Waals surface area contributed by atoms with E-state index in [1.54, 1.807) is 29.6 Å². The van der Waals surface area contributed by atoms with E-state index in [1.807, 2.05) is 0 Å². The average Bonchev–Trinajstić information content (AvgIpc) is 2.86. The number of hydrogen-bond donors (Lipinski definition) is 1. The van der Waals surface area contributed by atoms with Crippen molar-refractivity contribution in [3.63, 3.8) is 0 Å². The first-order valence-electron chi connectivity index (χ1n) is 5.67. The Balaban J connectivity index is 2.14. The second-order valence-electron chi connectivity index (χ2n) is 4.10. The molecule has 2 rings (SSSR count). The second kappa shape index (κ2) is 5.51. The van der Waals surface area contributed by atoms with Crippen LogP contribution in [0.4, 0.5) is 24.0 Å². The minimum absolute atomic E-state index is 0.221. The molecule has 20 heavy (non-hydrogen) atoms. The van der Waals surface area contributed by atoms with Crippen molar-refractivity contribution in [2.24, 2.45) is 0 Å². The molecule has 3 nitrogen and oxygen atoms in total. The van der Waals surface area contributed by atoms with Gasteiger partial charge in [-0.05, 0) is 12.5 Å². The topological polar surface area (TPSA) is 29.3 Å². The predicted molar refractivity (Wildman–Crippen MR) is 73.0 cm³/mol. The highest BCUT2D eigenvalue weighted by Gasteiger charge is 2.36. The number of rotatable bonds is 3. The van der Waals surface area contributed by atoms with Gasteiger partial charge in [-0.25, -0.2) is 9.83 Å². The zero-order valence-electron chi connectivity index (χ0n) is 10.4. The summed E-state index contributed by atoms with van der Waals surface area (Å²) in [5, 5.41) is 4.23. The van der Waals surface area contributed by atoms with E-state index < -0.39 is 12.2 Å². The number of hydrogen-bond acceptors (Lipinski definition) is 3.